The Labute approximate surface area is 106 Å². The first-order valence-electron chi connectivity index (χ1n) is 6.02. The van der Waals surface area contributed by atoms with E-state index in [2.05, 4.69) is 5.32 Å². The number of benzene rings is 1. The highest BCUT2D eigenvalue weighted by Crippen LogP contribution is 2.34. The molecule has 0 saturated carbocycles. The van der Waals surface area contributed by atoms with Gasteiger partial charge in [-0.05, 0) is 18.1 Å². The predicted octanol–water partition coefficient (Wildman–Crippen LogP) is 1.29. The van der Waals surface area contributed by atoms with E-state index in [1.807, 2.05) is 0 Å². The van der Waals surface area contributed by atoms with Crippen LogP contribution in [0.4, 0.5) is 0 Å². The molecule has 2 rings (SSSR count). The molecule has 96 valence electrons. The number of Topliss-reactive ketones (excluding diaryl/α,β-unsaturated/α-hetero) is 1. The minimum Gasteiger partial charge on any atom is -0.376 e. The molecule has 1 heterocycles. The number of hydrogen-bond acceptors (Lipinski definition) is 3. The van der Waals surface area contributed by atoms with Crippen LogP contribution in [0.25, 0.3) is 0 Å². The molecule has 1 aliphatic heterocycles. The molecular weight excluding hydrogens is 230 g/mol. The van der Waals surface area contributed by atoms with E-state index in [0.29, 0.717) is 11.1 Å². The lowest BCUT2D eigenvalue weighted by Crippen LogP contribution is -2.51. The van der Waals surface area contributed by atoms with Crippen molar-refractivity contribution in [2.24, 2.45) is 5.92 Å². The van der Waals surface area contributed by atoms with E-state index in [1.54, 1.807) is 38.1 Å². The zero-order valence-electron chi connectivity index (χ0n) is 10.7. The summed E-state index contributed by atoms with van der Waals surface area (Å²) in [4.78, 5) is 24.0. The van der Waals surface area contributed by atoms with E-state index in [-0.39, 0.29) is 11.7 Å². The zero-order chi connectivity index (χ0) is 13.5. The van der Waals surface area contributed by atoms with Crippen molar-refractivity contribution in [3.8, 4) is 0 Å². The van der Waals surface area contributed by atoms with E-state index >= 15 is 0 Å². The van der Waals surface area contributed by atoms with Crippen LogP contribution < -0.4 is 5.32 Å². The topological polar surface area (TPSA) is 66.4 Å². The molecule has 2 N–H and O–H groups in total. The first kappa shape index (κ1) is 12.8. The summed E-state index contributed by atoms with van der Waals surface area (Å²) in [5.41, 5.74) is -0.391. The Bertz CT molecular complexity index is 506. The molecule has 4 heteroatoms. The largest absolute Gasteiger partial charge is 0.376 e. The normalized spacial score (nSPS) is 26.7. The number of aliphatic hydroxyl groups is 1. The molecule has 1 aliphatic rings. The van der Waals surface area contributed by atoms with Gasteiger partial charge in [-0.3, -0.25) is 9.59 Å². The van der Waals surface area contributed by atoms with Crippen molar-refractivity contribution in [3.05, 3.63) is 35.4 Å². The summed E-state index contributed by atoms with van der Waals surface area (Å²) in [6.45, 7) is 5.03. The second-order valence-electron chi connectivity index (χ2n) is 5.12. The average Bonchev–Trinajstić information content (AvgIpc) is 2.33. The third-order valence-electron chi connectivity index (χ3n) is 3.37. The molecule has 0 aromatic heterocycles. The molecular formula is C14H17NO3. The molecule has 0 bridgehead atoms. The lowest BCUT2D eigenvalue weighted by atomic mass is 9.81. The van der Waals surface area contributed by atoms with Gasteiger partial charge in [-0.1, -0.05) is 38.1 Å². The number of carbonyl (C=O) groups is 2. The van der Waals surface area contributed by atoms with Crippen molar-refractivity contribution in [2.45, 2.75) is 32.4 Å². The number of nitrogens with one attached hydrogen (secondary N) is 1. The van der Waals surface area contributed by atoms with E-state index in [1.165, 1.54) is 6.92 Å². The Morgan fingerprint density at radius 1 is 1.39 bits per heavy atom. The Morgan fingerprint density at radius 2 is 2.00 bits per heavy atom. The fourth-order valence-corrected chi connectivity index (χ4v) is 2.22. The van der Waals surface area contributed by atoms with Crippen LogP contribution in [0.1, 0.15) is 37.9 Å². The van der Waals surface area contributed by atoms with E-state index in [9.17, 15) is 14.7 Å². The van der Waals surface area contributed by atoms with E-state index in [0.717, 1.165) is 0 Å². The summed E-state index contributed by atoms with van der Waals surface area (Å²) >= 11 is 0. The molecule has 2 atom stereocenters. The molecule has 0 radical (unpaired) electrons. The molecule has 0 fully saturated rings. The second-order valence-corrected chi connectivity index (χ2v) is 5.12. The fourth-order valence-electron chi connectivity index (χ4n) is 2.22. The van der Waals surface area contributed by atoms with Gasteiger partial charge in [0.2, 0.25) is 0 Å². The smallest absolute Gasteiger partial charge is 0.257 e. The molecule has 18 heavy (non-hydrogen) atoms. The van der Waals surface area contributed by atoms with Gasteiger partial charge in [0, 0.05) is 5.92 Å². The molecule has 0 spiro atoms. The maximum Gasteiger partial charge on any atom is 0.257 e. The maximum absolute atomic E-state index is 12.1. The SMILES string of the molecule is CC(C)C(=O)[C@@H]1NC(=O)C(C)(O)c2ccccc21. The number of carbonyl (C=O) groups excluding carboxylic acids is 2. The van der Waals surface area contributed by atoms with Crippen LogP contribution in [0, 0.1) is 5.92 Å². The second kappa shape index (κ2) is 4.21. The van der Waals surface area contributed by atoms with Gasteiger partial charge in [0.25, 0.3) is 5.91 Å². The Kier molecular flexibility index (Phi) is 2.99. The van der Waals surface area contributed by atoms with E-state index in [4.69, 9.17) is 0 Å². The number of ketones is 1. The first-order valence-corrected chi connectivity index (χ1v) is 6.02. The average molecular weight is 247 g/mol. The quantitative estimate of drug-likeness (QED) is 0.827. The van der Waals surface area contributed by atoms with Crippen molar-refractivity contribution >= 4 is 11.7 Å². The summed E-state index contributed by atoms with van der Waals surface area (Å²) in [6.07, 6.45) is 0. The Hall–Kier alpha value is -1.68. The lowest BCUT2D eigenvalue weighted by Gasteiger charge is -2.35. The highest BCUT2D eigenvalue weighted by Gasteiger charge is 2.43. The van der Waals surface area contributed by atoms with Gasteiger partial charge in [0.1, 0.15) is 6.04 Å². The molecule has 4 nitrogen and oxygen atoms in total. The first-order chi connectivity index (χ1) is 8.35. The number of fused-ring (bicyclic) bond motifs is 1. The van der Waals surface area contributed by atoms with Crippen LogP contribution in [0.15, 0.2) is 24.3 Å². The minimum atomic E-state index is -1.58. The number of hydrogen-bond donors (Lipinski definition) is 2. The van der Waals surface area contributed by atoms with Crippen LogP contribution in [-0.4, -0.2) is 16.8 Å². The Morgan fingerprint density at radius 3 is 2.61 bits per heavy atom. The predicted molar refractivity (Wildman–Crippen MR) is 66.7 cm³/mol. The summed E-state index contributed by atoms with van der Waals surface area (Å²) in [5, 5.41) is 12.8. The van der Waals surface area contributed by atoms with Gasteiger partial charge in [0.05, 0.1) is 0 Å². The van der Waals surface area contributed by atoms with Gasteiger partial charge in [-0.2, -0.15) is 0 Å². The third kappa shape index (κ3) is 1.82. The van der Waals surface area contributed by atoms with Crippen LogP contribution in [0.2, 0.25) is 0 Å². The standard InChI is InChI=1S/C14H17NO3/c1-8(2)12(16)11-9-6-4-5-7-10(9)14(3,18)13(17)15-11/h4-8,11,18H,1-3H3,(H,15,17)/t11-,14?/m1/s1. The van der Waals surface area contributed by atoms with Gasteiger partial charge in [0.15, 0.2) is 11.4 Å². The van der Waals surface area contributed by atoms with Crippen LogP contribution in [0.5, 0.6) is 0 Å². The summed E-state index contributed by atoms with van der Waals surface area (Å²) < 4.78 is 0. The van der Waals surface area contributed by atoms with Gasteiger partial charge in [-0.25, -0.2) is 0 Å². The number of rotatable bonds is 2. The molecule has 1 aromatic carbocycles. The van der Waals surface area contributed by atoms with Gasteiger partial charge in [-0.15, -0.1) is 0 Å². The monoisotopic (exact) mass is 247 g/mol. The van der Waals surface area contributed by atoms with Crippen LogP contribution >= 0.6 is 0 Å². The summed E-state index contributed by atoms with van der Waals surface area (Å²) in [6, 6.07) is 6.35. The van der Waals surface area contributed by atoms with Gasteiger partial charge < -0.3 is 10.4 Å². The highest BCUT2D eigenvalue weighted by molar-refractivity contribution is 5.97. The van der Waals surface area contributed by atoms with Crippen molar-refractivity contribution in [2.75, 3.05) is 0 Å². The molecule has 0 aliphatic carbocycles. The van der Waals surface area contributed by atoms with Crippen molar-refractivity contribution in [1.82, 2.24) is 5.32 Å². The fraction of sp³-hybridized carbons (Fsp3) is 0.429. The van der Waals surface area contributed by atoms with Crippen molar-refractivity contribution in [1.29, 1.82) is 0 Å². The summed E-state index contributed by atoms with van der Waals surface area (Å²) in [5.74, 6) is -0.752. The summed E-state index contributed by atoms with van der Waals surface area (Å²) in [7, 11) is 0. The van der Waals surface area contributed by atoms with Gasteiger partial charge >= 0.3 is 0 Å². The van der Waals surface area contributed by atoms with Crippen LogP contribution in [0.3, 0.4) is 0 Å². The maximum atomic E-state index is 12.1. The molecule has 1 aromatic rings. The molecule has 1 amide bonds. The van der Waals surface area contributed by atoms with Crippen LogP contribution in [-0.2, 0) is 15.2 Å². The Balaban J connectivity index is 2.55. The zero-order valence-corrected chi connectivity index (χ0v) is 10.7. The third-order valence-corrected chi connectivity index (χ3v) is 3.37. The molecule has 1 unspecified atom stereocenters. The molecule has 0 saturated heterocycles. The van der Waals surface area contributed by atoms with Crippen molar-refractivity contribution in [3.63, 3.8) is 0 Å². The number of amides is 1. The van der Waals surface area contributed by atoms with E-state index < -0.39 is 17.6 Å². The highest BCUT2D eigenvalue weighted by atomic mass is 16.3. The van der Waals surface area contributed by atoms with Crippen molar-refractivity contribution < 1.29 is 14.7 Å². The lowest BCUT2D eigenvalue weighted by molar-refractivity contribution is -0.144. The minimum absolute atomic E-state index is 0.0497.